The van der Waals surface area contributed by atoms with E-state index < -0.39 is 5.41 Å². The van der Waals surface area contributed by atoms with Crippen molar-refractivity contribution in [3.8, 4) is 39.1 Å². The number of aromatic nitrogens is 1. The van der Waals surface area contributed by atoms with Crippen LogP contribution in [0.3, 0.4) is 0 Å². The molecule has 0 amide bonds. The molecule has 2 heteroatoms. The maximum Gasteiger partial charge on any atom is 0.0714 e. The Balaban J connectivity index is 1.24. The average Bonchev–Trinajstić information content (AvgIpc) is 3.75. The number of hydrogen-bond donors (Lipinski definition) is 0. The molecule has 1 aliphatic rings. The SMILES string of the molecule is Brc1ccc(-c2ccccc2-c2cc3c(c4ccccc24)c2ccccc2n3-c2ccc3c(c2)C(c2ccccc2)(c2ccccc2)c2ccccc2-3)cc1. The Morgan fingerprint density at radius 2 is 0.927 bits per heavy atom. The molecule has 0 spiro atoms. The Morgan fingerprint density at radius 3 is 1.65 bits per heavy atom. The van der Waals surface area contributed by atoms with E-state index in [0.29, 0.717) is 0 Å². The van der Waals surface area contributed by atoms with Crippen molar-refractivity contribution in [2.24, 2.45) is 0 Å². The van der Waals surface area contributed by atoms with Crippen LogP contribution in [-0.2, 0) is 5.41 Å². The van der Waals surface area contributed by atoms with E-state index in [9.17, 15) is 0 Å². The lowest BCUT2D eigenvalue weighted by Gasteiger charge is -2.34. The number of halogens is 1. The molecule has 0 saturated heterocycles. The number of rotatable bonds is 5. The molecule has 0 unspecified atom stereocenters. The van der Waals surface area contributed by atoms with E-state index in [2.05, 4.69) is 227 Å². The predicted molar refractivity (Wildman–Crippen MR) is 234 cm³/mol. The zero-order valence-corrected chi connectivity index (χ0v) is 31.5. The second-order valence-corrected chi connectivity index (χ2v) is 15.4. The Kier molecular flexibility index (Phi) is 7.30. The van der Waals surface area contributed by atoms with Gasteiger partial charge in [0.1, 0.15) is 0 Å². The molecule has 1 heterocycles. The van der Waals surface area contributed by atoms with Gasteiger partial charge in [0.2, 0.25) is 0 Å². The molecule has 55 heavy (non-hydrogen) atoms. The molecule has 0 N–H and O–H groups in total. The third-order valence-corrected chi connectivity index (χ3v) is 12.3. The van der Waals surface area contributed by atoms with Crippen molar-refractivity contribution in [3.63, 3.8) is 0 Å². The van der Waals surface area contributed by atoms with Crippen LogP contribution in [0.25, 0.3) is 71.6 Å². The monoisotopic (exact) mass is 763 g/mol. The summed E-state index contributed by atoms with van der Waals surface area (Å²) < 4.78 is 3.58. The summed E-state index contributed by atoms with van der Waals surface area (Å²) in [5.41, 5.74) is 15.6. The van der Waals surface area contributed by atoms with E-state index >= 15 is 0 Å². The molecule has 9 aromatic carbocycles. The third-order valence-electron chi connectivity index (χ3n) is 11.8. The molecule has 1 aliphatic carbocycles. The largest absolute Gasteiger partial charge is 0.309 e. The standard InChI is InChI=1S/C53H34BrN/c54-38-29-27-35(28-30-38)40-19-7-8-20-41(40)47-34-51-52(45-23-10-9-21-42(45)47)46-24-12-14-26-50(46)55(51)39-31-32-44-43-22-11-13-25-48(43)53(49(44)33-39,36-15-3-1-4-16-36)37-17-5-2-6-18-37/h1-34H. The van der Waals surface area contributed by atoms with Crippen LogP contribution in [0.4, 0.5) is 0 Å². The van der Waals surface area contributed by atoms with Crippen molar-refractivity contribution >= 4 is 48.5 Å². The highest BCUT2D eigenvalue weighted by Gasteiger charge is 2.46. The lowest BCUT2D eigenvalue weighted by molar-refractivity contribution is 0.767. The molecule has 11 rings (SSSR count). The summed E-state index contributed by atoms with van der Waals surface area (Å²) in [5, 5.41) is 5.03. The summed E-state index contributed by atoms with van der Waals surface area (Å²) >= 11 is 3.65. The Hall–Kier alpha value is -6.48. The second kappa shape index (κ2) is 12.6. The minimum atomic E-state index is -0.481. The highest BCUT2D eigenvalue weighted by atomic mass is 79.9. The first kappa shape index (κ1) is 32.0. The first-order valence-corrected chi connectivity index (χ1v) is 19.7. The Labute approximate surface area is 328 Å². The lowest BCUT2D eigenvalue weighted by Crippen LogP contribution is -2.28. The van der Waals surface area contributed by atoms with Crippen LogP contribution in [0, 0.1) is 0 Å². The molecule has 10 aromatic rings. The van der Waals surface area contributed by atoms with Gasteiger partial charge in [-0.3, -0.25) is 0 Å². The van der Waals surface area contributed by atoms with Crippen LogP contribution in [0.15, 0.2) is 211 Å². The highest BCUT2D eigenvalue weighted by Crippen LogP contribution is 2.56. The fraction of sp³-hybridized carbons (Fsp3) is 0.0189. The summed E-state index contributed by atoms with van der Waals surface area (Å²) in [5.74, 6) is 0. The Morgan fingerprint density at radius 1 is 0.364 bits per heavy atom. The van der Waals surface area contributed by atoms with Crippen molar-refractivity contribution in [1.82, 2.24) is 4.57 Å². The maximum absolute atomic E-state index is 3.65. The van der Waals surface area contributed by atoms with Gasteiger partial charge in [0.25, 0.3) is 0 Å². The minimum absolute atomic E-state index is 0.481. The average molecular weight is 765 g/mol. The second-order valence-electron chi connectivity index (χ2n) is 14.5. The maximum atomic E-state index is 3.65. The first-order valence-electron chi connectivity index (χ1n) is 18.9. The smallest absolute Gasteiger partial charge is 0.0714 e. The van der Waals surface area contributed by atoms with Crippen LogP contribution in [0.2, 0.25) is 0 Å². The van der Waals surface area contributed by atoms with E-state index in [0.717, 1.165) is 10.2 Å². The topological polar surface area (TPSA) is 4.93 Å². The number of benzene rings is 9. The van der Waals surface area contributed by atoms with Crippen LogP contribution in [0.1, 0.15) is 22.3 Å². The van der Waals surface area contributed by atoms with Gasteiger partial charge in [-0.15, -0.1) is 0 Å². The zero-order valence-electron chi connectivity index (χ0n) is 30.0. The first-order chi connectivity index (χ1) is 27.2. The van der Waals surface area contributed by atoms with Gasteiger partial charge in [-0.2, -0.15) is 0 Å². The third kappa shape index (κ3) is 4.71. The molecule has 0 fully saturated rings. The molecule has 1 nitrogen and oxygen atoms in total. The molecule has 0 atom stereocenters. The van der Waals surface area contributed by atoms with Gasteiger partial charge in [0.15, 0.2) is 0 Å². The van der Waals surface area contributed by atoms with Gasteiger partial charge < -0.3 is 4.57 Å². The summed E-state index contributed by atoms with van der Waals surface area (Å²) in [6, 6.07) is 76.1. The van der Waals surface area contributed by atoms with Crippen LogP contribution < -0.4 is 0 Å². The fourth-order valence-corrected chi connectivity index (χ4v) is 9.77. The fourth-order valence-electron chi connectivity index (χ4n) is 9.50. The van der Waals surface area contributed by atoms with Gasteiger partial charge in [-0.25, -0.2) is 0 Å². The highest BCUT2D eigenvalue weighted by molar-refractivity contribution is 9.10. The van der Waals surface area contributed by atoms with Gasteiger partial charge >= 0.3 is 0 Å². The zero-order chi connectivity index (χ0) is 36.5. The normalized spacial score (nSPS) is 13.0. The lowest BCUT2D eigenvalue weighted by atomic mass is 9.67. The summed E-state index contributed by atoms with van der Waals surface area (Å²) in [6.45, 7) is 0. The van der Waals surface area contributed by atoms with E-state index in [4.69, 9.17) is 0 Å². The van der Waals surface area contributed by atoms with Crippen molar-refractivity contribution in [2.75, 3.05) is 0 Å². The molecular weight excluding hydrogens is 730 g/mol. The van der Waals surface area contributed by atoms with Gasteiger partial charge in [-0.05, 0) is 103 Å². The predicted octanol–water partition coefficient (Wildman–Crippen LogP) is 14.4. The van der Waals surface area contributed by atoms with E-state index in [-0.39, 0.29) is 0 Å². The van der Waals surface area contributed by atoms with Crippen molar-refractivity contribution in [1.29, 1.82) is 0 Å². The molecular formula is C53H34BrN. The van der Waals surface area contributed by atoms with Gasteiger partial charge in [0, 0.05) is 20.9 Å². The van der Waals surface area contributed by atoms with Gasteiger partial charge in [0.05, 0.1) is 16.4 Å². The Bertz CT molecular complexity index is 3040. The summed E-state index contributed by atoms with van der Waals surface area (Å²) in [7, 11) is 0. The number of nitrogens with zero attached hydrogens (tertiary/aromatic N) is 1. The van der Waals surface area contributed by atoms with Crippen LogP contribution in [-0.4, -0.2) is 4.57 Å². The van der Waals surface area contributed by atoms with E-state index in [1.807, 2.05) is 0 Å². The van der Waals surface area contributed by atoms with Crippen LogP contribution >= 0.6 is 15.9 Å². The molecule has 0 saturated carbocycles. The number of para-hydroxylation sites is 1. The van der Waals surface area contributed by atoms with Crippen LogP contribution in [0.5, 0.6) is 0 Å². The van der Waals surface area contributed by atoms with Crippen molar-refractivity contribution in [3.05, 3.63) is 233 Å². The molecule has 0 bridgehead atoms. The molecule has 1 aromatic heterocycles. The van der Waals surface area contributed by atoms with E-state index in [1.54, 1.807) is 0 Å². The van der Waals surface area contributed by atoms with E-state index in [1.165, 1.54) is 88.2 Å². The number of hydrogen-bond acceptors (Lipinski definition) is 0. The van der Waals surface area contributed by atoms with Crippen molar-refractivity contribution < 1.29 is 0 Å². The summed E-state index contributed by atoms with van der Waals surface area (Å²) in [4.78, 5) is 0. The summed E-state index contributed by atoms with van der Waals surface area (Å²) in [6.07, 6.45) is 0. The van der Waals surface area contributed by atoms with Crippen molar-refractivity contribution in [2.45, 2.75) is 5.41 Å². The molecule has 0 aliphatic heterocycles. The molecule has 258 valence electrons. The van der Waals surface area contributed by atoms with Gasteiger partial charge in [-0.1, -0.05) is 186 Å². The number of fused-ring (bicyclic) bond motifs is 8. The molecule has 0 radical (unpaired) electrons. The minimum Gasteiger partial charge on any atom is -0.309 e. The quantitative estimate of drug-likeness (QED) is 0.164.